The van der Waals surface area contributed by atoms with E-state index in [0.717, 1.165) is 48.5 Å². The van der Waals surface area contributed by atoms with E-state index in [1.165, 1.54) is 6.07 Å². The van der Waals surface area contributed by atoms with Gasteiger partial charge in [-0.2, -0.15) is 0 Å². The number of nitrogens with zero attached hydrogens (tertiary/aromatic N) is 3. The van der Waals surface area contributed by atoms with Crippen LogP contribution in [0.2, 0.25) is 5.02 Å². The first-order valence-electron chi connectivity index (χ1n) is 14.3. The Morgan fingerprint density at radius 1 is 1.14 bits per heavy atom. The number of imidazole rings is 1. The molecule has 4 aromatic rings. The Balaban J connectivity index is 1.01. The minimum Gasteiger partial charge on any atom is -0.478 e. The molecule has 0 spiro atoms. The molecule has 216 valence electrons. The molecule has 1 N–H and O–H groups in total. The molecular formula is C32H29ClFN3O5. The van der Waals surface area contributed by atoms with Crippen molar-refractivity contribution in [2.75, 3.05) is 19.7 Å². The van der Waals surface area contributed by atoms with Crippen molar-refractivity contribution >= 4 is 28.6 Å². The summed E-state index contributed by atoms with van der Waals surface area (Å²) in [7, 11) is 0. The van der Waals surface area contributed by atoms with Crippen LogP contribution in [0.15, 0.2) is 54.6 Å². The molecule has 8 nitrogen and oxygen atoms in total. The number of aromatic carboxylic acids is 1. The van der Waals surface area contributed by atoms with Crippen LogP contribution >= 0.6 is 11.6 Å². The maximum absolute atomic E-state index is 14.8. The van der Waals surface area contributed by atoms with E-state index in [-0.39, 0.29) is 11.7 Å². The van der Waals surface area contributed by atoms with Gasteiger partial charge >= 0.3 is 5.97 Å². The highest BCUT2D eigenvalue weighted by atomic mass is 35.5. The molecule has 4 aliphatic rings. The van der Waals surface area contributed by atoms with Gasteiger partial charge in [0.1, 0.15) is 11.6 Å². The van der Waals surface area contributed by atoms with Crippen molar-refractivity contribution in [3.05, 3.63) is 88.0 Å². The number of piperidine rings is 1. The van der Waals surface area contributed by atoms with Crippen molar-refractivity contribution in [3.8, 4) is 11.5 Å². The van der Waals surface area contributed by atoms with E-state index in [1.807, 2.05) is 12.1 Å². The molecule has 2 saturated heterocycles. The Labute approximate surface area is 246 Å². The van der Waals surface area contributed by atoms with Gasteiger partial charge in [-0.1, -0.05) is 23.7 Å². The average molecular weight is 590 g/mol. The minimum atomic E-state index is -1.27. The molecule has 1 saturated carbocycles. The highest BCUT2D eigenvalue weighted by molar-refractivity contribution is 6.30. The van der Waals surface area contributed by atoms with Crippen LogP contribution < -0.4 is 9.47 Å². The van der Waals surface area contributed by atoms with E-state index >= 15 is 0 Å². The summed E-state index contributed by atoms with van der Waals surface area (Å²) in [6.45, 7) is 5.69. The third-order valence-electron chi connectivity index (χ3n) is 9.28. The van der Waals surface area contributed by atoms with Crippen LogP contribution in [-0.2, 0) is 23.6 Å². The molecule has 3 unspecified atom stereocenters. The smallest absolute Gasteiger partial charge is 0.335 e. The number of ether oxygens (including phenoxy) is 3. The third-order valence-corrected chi connectivity index (χ3v) is 9.51. The van der Waals surface area contributed by atoms with Crippen molar-refractivity contribution in [1.82, 2.24) is 14.5 Å². The molecule has 4 heterocycles. The number of halogens is 2. The molecule has 3 aromatic carbocycles. The molecule has 3 aliphatic heterocycles. The lowest BCUT2D eigenvalue weighted by Gasteiger charge is -2.28. The number of carbonyl (C=O) groups is 1. The lowest BCUT2D eigenvalue weighted by atomic mass is 10.0. The Bertz CT molecular complexity index is 1740. The van der Waals surface area contributed by atoms with Crippen molar-refractivity contribution < 1.29 is 28.5 Å². The Morgan fingerprint density at radius 2 is 1.95 bits per heavy atom. The summed E-state index contributed by atoms with van der Waals surface area (Å²) >= 11 is 5.97. The van der Waals surface area contributed by atoms with Crippen molar-refractivity contribution in [2.45, 2.75) is 44.2 Å². The zero-order valence-corrected chi connectivity index (χ0v) is 23.7. The van der Waals surface area contributed by atoms with Crippen LogP contribution in [0.5, 0.6) is 11.5 Å². The number of rotatable bonds is 7. The molecule has 0 radical (unpaired) electrons. The number of hydrogen-bond donors (Lipinski definition) is 1. The monoisotopic (exact) mass is 589 g/mol. The van der Waals surface area contributed by atoms with Gasteiger partial charge in [0.2, 0.25) is 0 Å². The van der Waals surface area contributed by atoms with E-state index in [4.69, 9.17) is 30.8 Å². The maximum atomic E-state index is 14.8. The largest absolute Gasteiger partial charge is 0.478 e. The summed E-state index contributed by atoms with van der Waals surface area (Å²) in [6, 6.07) is 15.6. The van der Waals surface area contributed by atoms with Crippen LogP contribution in [-0.4, -0.2) is 51.3 Å². The van der Waals surface area contributed by atoms with Gasteiger partial charge in [-0.3, -0.25) is 4.90 Å². The minimum absolute atomic E-state index is 0.125. The topological polar surface area (TPSA) is 86.1 Å². The molecule has 8 rings (SSSR count). The number of hydrogen-bond acceptors (Lipinski definition) is 6. The Morgan fingerprint density at radius 3 is 2.67 bits per heavy atom. The van der Waals surface area contributed by atoms with Crippen molar-refractivity contribution in [1.29, 1.82) is 0 Å². The third kappa shape index (κ3) is 4.17. The second-order valence-electron chi connectivity index (χ2n) is 11.9. The number of benzene rings is 3. The fourth-order valence-corrected chi connectivity index (χ4v) is 7.20. The van der Waals surface area contributed by atoms with Crippen LogP contribution in [0.25, 0.3) is 11.0 Å². The van der Waals surface area contributed by atoms with Crippen LogP contribution in [0, 0.1) is 17.7 Å². The van der Waals surface area contributed by atoms with Crippen LogP contribution in [0.4, 0.5) is 4.39 Å². The molecule has 1 aromatic heterocycles. The number of carboxylic acids is 1. The molecule has 5 atom stereocenters. The first-order valence-corrected chi connectivity index (χ1v) is 14.7. The van der Waals surface area contributed by atoms with E-state index < -0.39 is 17.6 Å². The lowest BCUT2D eigenvalue weighted by Crippen LogP contribution is -2.33. The van der Waals surface area contributed by atoms with Gasteiger partial charge < -0.3 is 23.9 Å². The number of carboxylic acid groups (broad SMARTS) is 1. The van der Waals surface area contributed by atoms with Gasteiger partial charge in [-0.25, -0.2) is 14.2 Å². The number of fused-ring (bicyclic) bond motifs is 3. The average Bonchev–Trinajstić information content (AvgIpc) is 3.21. The molecule has 1 aliphatic carbocycles. The molecule has 42 heavy (non-hydrogen) atoms. The molecule has 3 fully saturated rings. The standard InChI is InChI=1S/C32H29ClFN3O5/c1-32(23-7-6-18(33)12-24(23)34)41-27-4-2-3-20(30(27)42-32)29-21-14-36(15-22(21)29)16-28-35-25-8-5-17(31(38)39)11-26(25)37(28)13-19-9-10-40-19/h2-8,11-12,19,21-22,29H,9-10,13-16H2,1H3,(H,38,39)/t19?,21-,22+,29?,32?. The second-order valence-corrected chi connectivity index (χ2v) is 12.4. The molecule has 10 heteroatoms. The Hall–Kier alpha value is -3.66. The lowest BCUT2D eigenvalue weighted by molar-refractivity contribution is -0.0710. The fourth-order valence-electron chi connectivity index (χ4n) is 7.04. The van der Waals surface area contributed by atoms with E-state index in [1.54, 1.807) is 37.3 Å². The predicted octanol–water partition coefficient (Wildman–Crippen LogP) is 5.81. The van der Waals surface area contributed by atoms with Gasteiger partial charge in [0, 0.05) is 37.2 Å². The van der Waals surface area contributed by atoms with E-state index in [0.29, 0.717) is 52.9 Å². The van der Waals surface area contributed by atoms with Gasteiger partial charge in [0.15, 0.2) is 11.5 Å². The van der Waals surface area contributed by atoms with Crippen molar-refractivity contribution in [2.24, 2.45) is 11.8 Å². The fraction of sp³-hybridized carbons (Fsp3) is 0.375. The van der Waals surface area contributed by atoms with Crippen LogP contribution in [0.3, 0.4) is 0 Å². The van der Waals surface area contributed by atoms with Crippen LogP contribution in [0.1, 0.15) is 46.6 Å². The Kier molecular flexibility index (Phi) is 5.83. The predicted molar refractivity (Wildman–Crippen MR) is 153 cm³/mol. The summed E-state index contributed by atoms with van der Waals surface area (Å²) < 4.78 is 35.2. The number of aromatic nitrogens is 2. The summed E-state index contributed by atoms with van der Waals surface area (Å²) in [4.78, 5) is 19.0. The molecule has 0 amide bonds. The van der Waals surface area contributed by atoms with Gasteiger partial charge in [-0.05, 0) is 66.6 Å². The normalized spacial score (nSPS) is 27.7. The maximum Gasteiger partial charge on any atom is 0.335 e. The first kappa shape index (κ1) is 26.0. The zero-order valence-electron chi connectivity index (χ0n) is 22.9. The molecular weight excluding hydrogens is 561 g/mol. The molecule has 0 bridgehead atoms. The first-order chi connectivity index (χ1) is 20.3. The summed E-state index contributed by atoms with van der Waals surface area (Å²) in [5, 5.41) is 9.85. The SMILES string of the molecule is CC1(c2ccc(Cl)cc2F)Oc2cccc(C3[C@H]4CN(Cc5nc6ccc(C(=O)O)cc6n5CC5CCO5)C[C@@H]34)c2O1. The van der Waals surface area contributed by atoms with E-state index in [9.17, 15) is 14.3 Å². The second kappa shape index (κ2) is 9.42. The summed E-state index contributed by atoms with van der Waals surface area (Å²) in [5.74, 6) is 0.861. The summed E-state index contributed by atoms with van der Waals surface area (Å²) in [5.41, 5.74) is 3.30. The van der Waals surface area contributed by atoms with Crippen molar-refractivity contribution in [3.63, 3.8) is 0 Å². The van der Waals surface area contributed by atoms with Gasteiger partial charge in [0.25, 0.3) is 5.79 Å². The van der Waals surface area contributed by atoms with Gasteiger partial charge in [-0.15, -0.1) is 0 Å². The van der Waals surface area contributed by atoms with E-state index in [2.05, 4.69) is 15.5 Å². The number of para-hydroxylation sites is 1. The zero-order chi connectivity index (χ0) is 28.7. The van der Waals surface area contributed by atoms with Gasteiger partial charge in [0.05, 0.1) is 41.4 Å². The highest BCUT2D eigenvalue weighted by Gasteiger charge is 2.58. The summed E-state index contributed by atoms with van der Waals surface area (Å²) in [6.07, 6.45) is 1.12. The number of likely N-dealkylation sites (tertiary alicyclic amines) is 1. The quantitative estimate of drug-likeness (QED) is 0.291. The highest BCUT2D eigenvalue weighted by Crippen LogP contribution is 2.62.